The van der Waals surface area contributed by atoms with Crippen LogP contribution in [0.4, 0.5) is 0 Å². The minimum atomic E-state index is 0.350. The molecule has 1 aliphatic rings. The molecule has 0 aromatic rings. The van der Waals surface area contributed by atoms with Crippen LogP contribution < -0.4 is 11.1 Å². The minimum Gasteiger partial charge on any atom is -0.377 e. The van der Waals surface area contributed by atoms with Gasteiger partial charge in [-0.3, -0.25) is 0 Å². The second-order valence-corrected chi connectivity index (χ2v) is 2.68. The Morgan fingerprint density at radius 3 is 3.00 bits per heavy atom. The second kappa shape index (κ2) is 3.91. The van der Waals surface area contributed by atoms with Crippen LogP contribution in [-0.4, -0.2) is 32.3 Å². The zero-order valence-corrected chi connectivity index (χ0v) is 6.47. The van der Waals surface area contributed by atoms with Crippen molar-refractivity contribution in [2.75, 3.05) is 20.2 Å². The van der Waals surface area contributed by atoms with Gasteiger partial charge in [-0.15, -0.1) is 0 Å². The molecule has 0 aliphatic carbocycles. The summed E-state index contributed by atoms with van der Waals surface area (Å²) < 4.78 is 5.45. The molecule has 0 saturated carbocycles. The maximum Gasteiger partial charge on any atom is 0.0741 e. The second-order valence-electron chi connectivity index (χ2n) is 2.68. The lowest BCUT2D eigenvalue weighted by atomic mass is 10.1. The normalized spacial score (nSPS) is 28.8. The smallest absolute Gasteiger partial charge is 0.0741 e. The predicted molar refractivity (Wildman–Crippen MR) is 40.9 cm³/mol. The third kappa shape index (κ3) is 1.68. The van der Waals surface area contributed by atoms with Gasteiger partial charge in [0.25, 0.3) is 0 Å². The highest BCUT2D eigenvalue weighted by molar-refractivity contribution is 4.79. The number of hydrogen-bond acceptors (Lipinski definition) is 3. The van der Waals surface area contributed by atoms with Crippen LogP contribution in [0.15, 0.2) is 0 Å². The SMILES string of the molecule is CNC(CN)[C@@H]1CCCO1. The van der Waals surface area contributed by atoms with E-state index in [1.54, 1.807) is 0 Å². The van der Waals surface area contributed by atoms with E-state index >= 15 is 0 Å². The molecule has 0 aromatic heterocycles. The molecule has 3 nitrogen and oxygen atoms in total. The molecule has 0 bridgehead atoms. The molecule has 10 heavy (non-hydrogen) atoms. The molecular formula is C7H16N2O. The van der Waals surface area contributed by atoms with Crippen molar-refractivity contribution >= 4 is 0 Å². The van der Waals surface area contributed by atoms with Crippen molar-refractivity contribution in [2.45, 2.75) is 25.0 Å². The molecule has 0 amide bonds. The summed E-state index contributed by atoms with van der Waals surface area (Å²) in [5.41, 5.74) is 5.52. The van der Waals surface area contributed by atoms with Gasteiger partial charge in [0.15, 0.2) is 0 Å². The molecule has 1 saturated heterocycles. The summed E-state index contributed by atoms with van der Waals surface area (Å²) in [6, 6.07) is 0.350. The highest BCUT2D eigenvalue weighted by Gasteiger charge is 2.22. The first-order chi connectivity index (χ1) is 4.88. The first-order valence-corrected chi connectivity index (χ1v) is 3.87. The maximum absolute atomic E-state index is 5.52. The quantitative estimate of drug-likeness (QED) is 0.572. The Balaban J connectivity index is 2.29. The van der Waals surface area contributed by atoms with Crippen LogP contribution in [0.5, 0.6) is 0 Å². The van der Waals surface area contributed by atoms with E-state index in [9.17, 15) is 0 Å². The fourth-order valence-electron chi connectivity index (χ4n) is 1.38. The minimum absolute atomic E-state index is 0.350. The lowest BCUT2D eigenvalue weighted by Gasteiger charge is -2.19. The Kier molecular flexibility index (Phi) is 3.12. The van der Waals surface area contributed by atoms with Gasteiger partial charge in [-0.25, -0.2) is 0 Å². The molecule has 1 rings (SSSR count). The monoisotopic (exact) mass is 144 g/mol. The van der Waals surface area contributed by atoms with Crippen molar-refractivity contribution in [3.63, 3.8) is 0 Å². The third-order valence-electron chi connectivity index (χ3n) is 2.04. The van der Waals surface area contributed by atoms with E-state index in [0.29, 0.717) is 18.7 Å². The van der Waals surface area contributed by atoms with Crippen LogP contribution in [0.25, 0.3) is 0 Å². The molecule has 0 spiro atoms. The number of nitrogens with two attached hydrogens (primary N) is 1. The van der Waals surface area contributed by atoms with Crippen LogP contribution in [0, 0.1) is 0 Å². The van der Waals surface area contributed by atoms with Crippen LogP contribution in [0.2, 0.25) is 0 Å². The van der Waals surface area contributed by atoms with Crippen molar-refractivity contribution in [3.8, 4) is 0 Å². The van der Waals surface area contributed by atoms with Gasteiger partial charge in [0.1, 0.15) is 0 Å². The molecule has 1 unspecified atom stereocenters. The average molecular weight is 144 g/mol. The number of rotatable bonds is 3. The topological polar surface area (TPSA) is 47.3 Å². The molecule has 1 heterocycles. The van der Waals surface area contributed by atoms with Gasteiger partial charge in [0.05, 0.1) is 6.10 Å². The molecule has 0 aromatic carbocycles. The molecule has 0 radical (unpaired) electrons. The van der Waals surface area contributed by atoms with Gasteiger partial charge in [-0.2, -0.15) is 0 Å². The van der Waals surface area contributed by atoms with Gasteiger partial charge < -0.3 is 15.8 Å². The number of ether oxygens (including phenoxy) is 1. The van der Waals surface area contributed by atoms with Gasteiger partial charge in [0.2, 0.25) is 0 Å². The van der Waals surface area contributed by atoms with E-state index in [1.807, 2.05) is 7.05 Å². The van der Waals surface area contributed by atoms with Gasteiger partial charge in [-0.1, -0.05) is 0 Å². The van der Waals surface area contributed by atoms with Gasteiger partial charge in [-0.05, 0) is 19.9 Å². The molecule has 3 heteroatoms. The first kappa shape index (κ1) is 7.98. The summed E-state index contributed by atoms with van der Waals surface area (Å²) in [6.07, 6.45) is 2.70. The number of hydrogen-bond donors (Lipinski definition) is 2. The summed E-state index contributed by atoms with van der Waals surface area (Å²) >= 11 is 0. The van der Waals surface area contributed by atoms with Crippen LogP contribution in [0.3, 0.4) is 0 Å². The zero-order chi connectivity index (χ0) is 7.40. The Labute approximate surface area is 61.9 Å². The Morgan fingerprint density at radius 2 is 2.60 bits per heavy atom. The molecule has 1 fully saturated rings. The van der Waals surface area contributed by atoms with E-state index in [0.717, 1.165) is 13.0 Å². The fraction of sp³-hybridized carbons (Fsp3) is 1.00. The van der Waals surface area contributed by atoms with E-state index in [-0.39, 0.29) is 0 Å². The lowest BCUT2D eigenvalue weighted by molar-refractivity contribution is 0.0832. The van der Waals surface area contributed by atoms with Crippen molar-refractivity contribution in [3.05, 3.63) is 0 Å². The highest BCUT2D eigenvalue weighted by Crippen LogP contribution is 2.14. The lowest BCUT2D eigenvalue weighted by Crippen LogP contribution is -2.43. The molecule has 60 valence electrons. The fourth-order valence-corrected chi connectivity index (χ4v) is 1.38. The summed E-state index contributed by atoms with van der Waals surface area (Å²) in [5, 5.41) is 3.14. The van der Waals surface area contributed by atoms with Gasteiger partial charge in [0, 0.05) is 19.2 Å². The first-order valence-electron chi connectivity index (χ1n) is 3.87. The Bertz CT molecular complexity index is 87.6. The van der Waals surface area contributed by atoms with E-state index < -0.39 is 0 Å². The van der Waals surface area contributed by atoms with Crippen molar-refractivity contribution < 1.29 is 4.74 Å². The maximum atomic E-state index is 5.52. The number of nitrogens with one attached hydrogen (secondary N) is 1. The van der Waals surface area contributed by atoms with Crippen molar-refractivity contribution in [2.24, 2.45) is 5.73 Å². The van der Waals surface area contributed by atoms with Gasteiger partial charge >= 0.3 is 0 Å². The summed E-state index contributed by atoms with van der Waals surface area (Å²) in [7, 11) is 1.93. The molecule has 3 N–H and O–H groups in total. The summed E-state index contributed by atoms with van der Waals surface area (Å²) in [5.74, 6) is 0. The van der Waals surface area contributed by atoms with Crippen molar-refractivity contribution in [1.29, 1.82) is 0 Å². The molecular weight excluding hydrogens is 128 g/mol. The molecule has 2 atom stereocenters. The van der Waals surface area contributed by atoms with Crippen LogP contribution in [0.1, 0.15) is 12.8 Å². The average Bonchev–Trinajstić information content (AvgIpc) is 2.43. The highest BCUT2D eigenvalue weighted by atomic mass is 16.5. The van der Waals surface area contributed by atoms with Crippen molar-refractivity contribution in [1.82, 2.24) is 5.32 Å². The Hall–Kier alpha value is -0.120. The largest absolute Gasteiger partial charge is 0.377 e. The van der Waals surface area contributed by atoms with Crippen LogP contribution in [-0.2, 0) is 4.74 Å². The van der Waals surface area contributed by atoms with E-state index in [2.05, 4.69) is 5.32 Å². The van der Waals surface area contributed by atoms with Crippen LogP contribution >= 0.6 is 0 Å². The third-order valence-corrected chi connectivity index (χ3v) is 2.04. The summed E-state index contributed by atoms with van der Waals surface area (Å²) in [6.45, 7) is 1.57. The predicted octanol–water partition coefficient (Wildman–Crippen LogP) is -0.288. The standard InChI is InChI=1S/C7H16N2O/c1-9-6(5-8)7-3-2-4-10-7/h6-7,9H,2-5,8H2,1H3/t6?,7-/m0/s1. The zero-order valence-electron chi connectivity index (χ0n) is 6.47. The van der Waals surface area contributed by atoms with E-state index in [1.165, 1.54) is 6.42 Å². The summed E-state index contributed by atoms with van der Waals surface area (Å²) in [4.78, 5) is 0. The van der Waals surface area contributed by atoms with E-state index in [4.69, 9.17) is 10.5 Å². The molecule has 1 aliphatic heterocycles. The number of likely N-dealkylation sites (N-methyl/N-ethyl adjacent to an activating group) is 1. The Morgan fingerprint density at radius 1 is 1.80 bits per heavy atom.